The van der Waals surface area contributed by atoms with Gasteiger partial charge in [0.2, 0.25) is 0 Å². The molecule has 0 fully saturated rings. The Morgan fingerprint density at radius 2 is 2.00 bits per heavy atom. The summed E-state index contributed by atoms with van der Waals surface area (Å²) in [5.74, 6) is 0.692. The molecule has 1 heterocycles. The van der Waals surface area contributed by atoms with Crippen LogP contribution in [-0.2, 0) is 6.54 Å². The van der Waals surface area contributed by atoms with Gasteiger partial charge in [-0.05, 0) is 26.0 Å². The summed E-state index contributed by atoms with van der Waals surface area (Å²) in [6.07, 6.45) is 0.688. The third-order valence-corrected chi connectivity index (χ3v) is 3.11. The summed E-state index contributed by atoms with van der Waals surface area (Å²) in [5, 5.41) is 9.94. The molecule has 5 nitrogen and oxygen atoms in total. The minimum Gasteiger partial charge on any atom is -0.491 e. The first-order chi connectivity index (χ1) is 9.58. The van der Waals surface area contributed by atoms with Crippen LogP contribution in [0.1, 0.15) is 11.3 Å². The van der Waals surface area contributed by atoms with E-state index in [-0.39, 0.29) is 18.7 Å². The van der Waals surface area contributed by atoms with Gasteiger partial charge in [0.05, 0.1) is 12.9 Å². The Labute approximate surface area is 117 Å². The van der Waals surface area contributed by atoms with Crippen LogP contribution in [0.5, 0.6) is 5.75 Å². The van der Waals surface area contributed by atoms with Crippen LogP contribution in [0.25, 0.3) is 0 Å². The van der Waals surface area contributed by atoms with Gasteiger partial charge in [-0.3, -0.25) is 9.36 Å². The molecule has 2 aromatic rings. The van der Waals surface area contributed by atoms with Gasteiger partial charge in [0.15, 0.2) is 0 Å². The summed E-state index contributed by atoms with van der Waals surface area (Å²) in [6, 6.07) is 9.25. The average Bonchev–Trinajstić information content (AvgIpc) is 2.47. The van der Waals surface area contributed by atoms with Crippen LogP contribution >= 0.6 is 0 Å². The third-order valence-electron chi connectivity index (χ3n) is 3.11. The van der Waals surface area contributed by atoms with Crippen molar-refractivity contribution in [3.8, 4) is 5.75 Å². The maximum atomic E-state index is 12.0. The molecule has 1 N–H and O–H groups in total. The van der Waals surface area contributed by atoms with E-state index in [0.717, 1.165) is 0 Å². The van der Waals surface area contributed by atoms with Crippen molar-refractivity contribution in [3.63, 3.8) is 0 Å². The van der Waals surface area contributed by atoms with E-state index in [0.29, 0.717) is 17.0 Å². The Bertz CT molecular complexity index is 623. The van der Waals surface area contributed by atoms with Crippen LogP contribution in [0, 0.1) is 13.8 Å². The lowest BCUT2D eigenvalue weighted by molar-refractivity contribution is 0.0912. The SMILES string of the molecule is Cc1ncn(CC(O)COc2ccccc2)c(=O)c1C. The van der Waals surface area contributed by atoms with Gasteiger partial charge in [-0.25, -0.2) is 4.98 Å². The molecule has 0 amide bonds. The molecule has 0 saturated heterocycles. The van der Waals surface area contributed by atoms with Crippen LogP contribution < -0.4 is 10.3 Å². The summed E-state index contributed by atoms with van der Waals surface area (Å²) in [7, 11) is 0. The van der Waals surface area contributed by atoms with E-state index in [1.807, 2.05) is 30.3 Å². The number of hydrogen-bond acceptors (Lipinski definition) is 4. The molecule has 5 heteroatoms. The summed E-state index contributed by atoms with van der Waals surface area (Å²) >= 11 is 0. The number of aliphatic hydroxyl groups excluding tert-OH is 1. The van der Waals surface area contributed by atoms with Crippen LogP contribution in [0.4, 0.5) is 0 Å². The highest BCUT2D eigenvalue weighted by atomic mass is 16.5. The Hall–Kier alpha value is -2.14. The van der Waals surface area contributed by atoms with Gasteiger partial charge in [0, 0.05) is 11.3 Å². The van der Waals surface area contributed by atoms with Crippen LogP contribution in [0.3, 0.4) is 0 Å². The van der Waals surface area contributed by atoms with Gasteiger partial charge in [0.1, 0.15) is 18.5 Å². The predicted molar refractivity (Wildman–Crippen MR) is 75.9 cm³/mol. The Kier molecular flexibility index (Phi) is 4.53. The van der Waals surface area contributed by atoms with Crippen molar-refractivity contribution in [2.24, 2.45) is 0 Å². The van der Waals surface area contributed by atoms with Crippen molar-refractivity contribution < 1.29 is 9.84 Å². The fraction of sp³-hybridized carbons (Fsp3) is 0.333. The van der Waals surface area contributed by atoms with Crippen molar-refractivity contribution >= 4 is 0 Å². The molecule has 1 atom stereocenters. The first kappa shape index (κ1) is 14.3. The number of aryl methyl sites for hydroxylation is 1. The zero-order chi connectivity index (χ0) is 14.5. The monoisotopic (exact) mass is 274 g/mol. The number of aromatic nitrogens is 2. The number of benzene rings is 1. The number of para-hydroxylation sites is 1. The Balaban J connectivity index is 1.97. The summed E-state index contributed by atoms with van der Waals surface area (Å²) in [4.78, 5) is 16.1. The Morgan fingerprint density at radius 1 is 1.30 bits per heavy atom. The number of rotatable bonds is 5. The van der Waals surface area contributed by atoms with Crippen molar-refractivity contribution in [1.29, 1.82) is 0 Å². The van der Waals surface area contributed by atoms with E-state index in [1.165, 1.54) is 10.9 Å². The summed E-state index contributed by atoms with van der Waals surface area (Å²) < 4.78 is 6.85. The molecule has 20 heavy (non-hydrogen) atoms. The molecule has 0 aliphatic carbocycles. The van der Waals surface area contributed by atoms with Crippen LogP contribution in [0.15, 0.2) is 41.5 Å². The highest BCUT2D eigenvalue weighted by Gasteiger charge is 2.10. The van der Waals surface area contributed by atoms with E-state index >= 15 is 0 Å². The molecule has 0 spiro atoms. The lowest BCUT2D eigenvalue weighted by Gasteiger charge is -2.14. The molecule has 0 aliphatic rings. The van der Waals surface area contributed by atoms with Crippen molar-refractivity contribution in [2.45, 2.75) is 26.5 Å². The Morgan fingerprint density at radius 3 is 2.70 bits per heavy atom. The molecule has 0 radical (unpaired) electrons. The molecule has 0 bridgehead atoms. The van der Waals surface area contributed by atoms with Gasteiger partial charge in [-0.1, -0.05) is 18.2 Å². The molecule has 2 rings (SSSR count). The molecule has 0 aliphatic heterocycles. The zero-order valence-corrected chi connectivity index (χ0v) is 11.6. The van der Waals surface area contributed by atoms with E-state index in [4.69, 9.17) is 4.74 Å². The van der Waals surface area contributed by atoms with Crippen LogP contribution in [0.2, 0.25) is 0 Å². The minimum absolute atomic E-state index is 0.128. The lowest BCUT2D eigenvalue weighted by atomic mass is 10.2. The molecule has 1 aromatic carbocycles. The first-order valence-corrected chi connectivity index (χ1v) is 6.46. The van der Waals surface area contributed by atoms with Gasteiger partial charge in [0.25, 0.3) is 5.56 Å². The molecule has 1 aromatic heterocycles. The maximum Gasteiger partial charge on any atom is 0.256 e. The fourth-order valence-electron chi connectivity index (χ4n) is 1.79. The summed E-state index contributed by atoms with van der Waals surface area (Å²) in [6.45, 7) is 3.81. The fourth-order valence-corrected chi connectivity index (χ4v) is 1.79. The van der Waals surface area contributed by atoms with E-state index in [1.54, 1.807) is 13.8 Å². The van der Waals surface area contributed by atoms with Gasteiger partial charge in [-0.2, -0.15) is 0 Å². The number of aliphatic hydroxyl groups is 1. The number of nitrogens with zero attached hydrogens (tertiary/aromatic N) is 2. The van der Waals surface area contributed by atoms with Crippen molar-refractivity contribution in [2.75, 3.05) is 6.61 Å². The molecule has 1 unspecified atom stereocenters. The molecule has 106 valence electrons. The first-order valence-electron chi connectivity index (χ1n) is 6.46. The second-order valence-electron chi connectivity index (χ2n) is 4.69. The van der Waals surface area contributed by atoms with E-state index in [9.17, 15) is 9.90 Å². The number of ether oxygens (including phenoxy) is 1. The van der Waals surface area contributed by atoms with Gasteiger partial charge >= 0.3 is 0 Å². The van der Waals surface area contributed by atoms with Crippen molar-refractivity contribution in [3.05, 3.63) is 58.3 Å². The summed E-state index contributed by atoms with van der Waals surface area (Å²) in [5.41, 5.74) is 1.18. The largest absolute Gasteiger partial charge is 0.491 e. The molecular weight excluding hydrogens is 256 g/mol. The van der Waals surface area contributed by atoms with Gasteiger partial charge in [-0.15, -0.1) is 0 Å². The van der Waals surface area contributed by atoms with E-state index < -0.39 is 6.10 Å². The highest BCUT2D eigenvalue weighted by molar-refractivity contribution is 5.20. The normalized spacial score (nSPS) is 12.2. The van der Waals surface area contributed by atoms with Crippen LogP contribution in [-0.4, -0.2) is 27.4 Å². The molecular formula is C15H18N2O3. The van der Waals surface area contributed by atoms with Crippen molar-refractivity contribution in [1.82, 2.24) is 9.55 Å². The quantitative estimate of drug-likeness (QED) is 0.892. The number of hydrogen-bond donors (Lipinski definition) is 1. The zero-order valence-electron chi connectivity index (χ0n) is 11.6. The second-order valence-corrected chi connectivity index (χ2v) is 4.69. The predicted octanol–water partition coefficient (Wildman–Crippen LogP) is 1.30. The third kappa shape index (κ3) is 3.45. The smallest absolute Gasteiger partial charge is 0.256 e. The van der Waals surface area contributed by atoms with E-state index in [2.05, 4.69) is 4.98 Å². The average molecular weight is 274 g/mol. The van der Waals surface area contributed by atoms with Gasteiger partial charge < -0.3 is 9.84 Å². The highest BCUT2D eigenvalue weighted by Crippen LogP contribution is 2.08. The standard InChI is InChI=1S/C15H18N2O3/c1-11-12(2)16-10-17(15(11)19)8-13(18)9-20-14-6-4-3-5-7-14/h3-7,10,13,18H,8-9H2,1-2H3. The maximum absolute atomic E-state index is 12.0. The topological polar surface area (TPSA) is 64.3 Å². The second kappa shape index (κ2) is 6.34. The lowest BCUT2D eigenvalue weighted by Crippen LogP contribution is -2.31. The minimum atomic E-state index is -0.767. The molecule has 0 saturated carbocycles.